The van der Waals surface area contributed by atoms with E-state index < -0.39 is 13.9 Å². The van der Waals surface area contributed by atoms with Gasteiger partial charge in [-0.3, -0.25) is 9.51 Å². The summed E-state index contributed by atoms with van der Waals surface area (Å²) in [5.74, 6) is 0. The number of aromatic nitrogens is 1. The lowest BCUT2D eigenvalue weighted by atomic mass is 10.5. The molecule has 0 aliphatic carbocycles. The van der Waals surface area contributed by atoms with Crippen LogP contribution in [0.1, 0.15) is 6.92 Å². The number of pyridine rings is 1. The minimum Gasteiger partial charge on any atom is -0.303 e. The Labute approximate surface area is 87.4 Å². The van der Waals surface area contributed by atoms with Gasteiger partial charge in [-0.05, 0) is 19.1 Å². The predicted molar refractivity (Wildman–Crippen MR) is 52.4 cm³/mol. The molecular weight excluding hydrogens is 219 g/mol. The molecule has 0 radical (unpaired) electrons. The molecule has 6 nitrogen and oxygen atoms in total. The fourth-order valence-electron chi connectivity index (χ4n) is 0.542. The van der Waals surface area contributed by atoms with E-state index in [-0.39, 0.29) is 0 Å². The summed E-state index contributed by atoms with van der Waals surface area (Å²) in [5.41, 5.74) is 0. The Morgan fingerprint density at radius 3 is 2.07 bits per heavy atom. The van der Waals surface area contributed by atoms with E-state index in [4.69, 9.17) is 15.0 Å². The summed E-state index contributed by atoms with van der Waals surface area (Å²) in [6.07, 6.45) is 2.44. The molecule has 0 saturated heterocycles. The van der Waals surface area contributed by atoms with Gasteiger partial charge < -0.3 is 9.79 Å². The number of hydrogen-bond donors (Lipinski definition) is 2. The monoisotopic (exact) mass is 230 g/mol. The van der Waals surface area contributed by atoms with Crippen molar-refractivity contribution >= 4 is 7.82 Å². The zero-order chi connectivity index (χ0) is 11.7. The highest BCUT2D eigenvalue weighted by Crippen LogP contribution is 2.37. The second-order valence-electron chi connectivity index (χ2n) is 2.39. The van der Waals surface area contributed by atoms with Crippen LogP contribution in [0.5, 0.6) is 0 Å². The zero-order valence-electron chi connectivity index (χ0n) is 8.02. The molecule has 1 aromatic rings. The van der Waals surface area contributed by atoms with Crippen molar-refractivity contribution in [2.24, 2.45) is 0 Å². The summed E-state index contributed by atoms with van der Waals surface area (Å²) in [7, 11) is -4.46. The van der Waals surface area contributed by atoms with Crippen LogP contribution in [0.4, 0.5) is 0 Å². The second-order valence-corrected chi connectivity index (χ2v) is 3.58. The first-order valence-electron chi connectivity index (χ1n) is 3.94. The van der Waals surface area contributed by atoms with Crippen molar-refractivity contribution in [2.75, 3.05) is 0 Å². The number of phosphoric acid groups is 1. The van der Waals surface area contributed by atoms with Gasteiger partial charge in [-0.15, -0.1) is 0 Å². The predicted octanol–water partition coefficient (Wildman–Crippen LogP) is 1.09. The lowest BCUT2D eigenvalue weighted by Gasteiger charge is -2.04. The van der Waals surface area contributed by atoms with E-state index in [1.807, 2.05) is 18.2 Å². The Kier molecular flexibility index (Phi) is 6.50. The maximum absolute atomic E-state index is 9.92. The van der Waals surface area contributed by atoms with Crippen molar-refractivity contribution in [1.82, 2.24) is 4.98 Å². The van der Waals surface area contributed by atoms with Crippen molar-refractivity contribution in [1.29, 1.82) is 5.26 Å². The average Bonchev–Trinajstić information content (AvgIpc) is 2.19. The van der Waals surface area contributed by atoms with Crippen molar-refractivity contribution in [3.63, 3.8) is 0 Å². The molecule has 0 spiro atoms. The van der Waals surface area contributed by atoms with Gasteiger partial charge in [0.1, 0.15) is 0 Å². The maximum atomic E-state index is 9.92. The maximum Gasteiger partial charge on any atom is 0.470 e. The Morgan fingerprint density at radius 2 is 1.93 bits per heavy atom. The molecule has 0 fully saturated rings. The largest absolute Gasteiger partial charge is 0.470 e. The summed E-state index contributed by atoms with van der Waals surface area (Å²) in [4.78, 5) is 19.9. The SMILES string of the molecule is CC(C#N)OP(=O)(O)O.c1ccncc1. The van der Waals surface area contributed by atoms with Crippen LogP contribution < -0.4 is 0 Å². The van der Waals surface area contributed by atoms with E-state index in [9.17, 15) is 4.57 Å². The van der Waals surface area contributed by atoms with Crippen molar-refractivity contribution in [3.8, 4) is 6.07 Å². The molecule has 1 unspecified atom stereocenters. The van der Waals surface area contributed by atoms with Crippen LogP contribution in [0.15, 0.2) is 30.6 Å². The lowest BCUT2D eigenvalue weighted by molar-refractivity contribution is 0.175. The first kappa shape index (κ1) is 13.8. The highest BCUT2D eigenvalue weighted by atomic mass is 31.2. The highest BCUT2D eigenvalue weighted by molar-refractivity contribution is 7.46. The number of rotatable bonds is 2. The summed E-state index contributed by atoms with van der Waals surface area (Å²) in [5, 5.41) is 7.98. The fourth-order valence-corrected chi connectivity index (χ4v) is 1.00. The average molecular weight is 230 g/mol. The smallest absolute Gasteiger partial charge is 0.303 e. The van der Waals surface area contributed by atoms with Crippen LogP contribution in [0.2, 0.25) is 0 Å². The summed E-state index contributed by atoms with van der Waals surface area (Å²) in [6.45, 7) is 1.25. The van der Waals surface area contributed by atoms with Crippen LogP contribution in [-0.2, 0) is 9.09 Å². The molecule has 7 heteroatoms. The molecule has 0 amide bonds. The van der Waals surface area contributed by atoms with Gasteiger partial charge in [-0.25, -0.2) is 4.57 Å². The van der Waals surface area contributed by atoms with Crippen molar-refractivity contribution in [3.05, 3.63) is 30.6 Å². The summed E-state index contributed by atoms with van der Waals surface area (Å²) < 4.78 is 13.8. The van der Waals surface area contributed by atoms with Gasteiger partial charge in [0.15, 0.2) is 6.10 Å². The van der Waals surface area contributed by atoms with E-state index in [2.05, 4.69) is 9.51 Å². The van der Waals surface area contributed by atoms with E-state index in [0.717, 1.165) is 0 Å². The third-order valence-corrected chi connectivity index (χ3v) is 1.63. The van der Waals surface area contributed by atoms with Gasteiger partial charge in [-0.2, -0.15) is 5.26 Å². The standard InChI is InChI=1S/C5H5N.C3H6NO4P/c1-2-4-6-5-3-1;1-3(2-4)8-9(5,6)7/h1-5H;3H,1H3,(H2,5,6,7). The fraction of sp³-hybridized carbons (Fsp3) is 0.250. The summed E-state index contributed by atoms with van der Waals surface area (Å²) >= 11 is 0. The number of nitrogens with zero attached hydrogens (tertiary/aromatic N) is 2. The Balaban J connectivity index is 0.000000280. The molecule has 15 heavy (non-hydrogen) atoms. The van der Waals surface area contributed by atoms with E-state index in [0.29, 0.717) is 0 Å². The van der Waals surface area contributed by atoms with Crippen LogP contribution in [0.25, 0.3) is 0 Å². The molecule has 2 N–H and O–H groups in total. The van der Waals surface area contributed by atoms with Crippen LogP contribution >= 0.6 is 7.82 Å². The number of nitriles is 1. The summed E-state index contributed by atoms with van der Waals surface area (Å²) in [6, 6.07) is 7.22. The van der Waals surface area contributed by atoms with Gasteiger partial charge in [0.25, 0.3) is 0 Å². The molecule has 0 saturated carbocycles. The first-order chi connectivity index (χ1) is 6.95. The lowest BCUT2D eigenvalue weighted by Crippen LogP contribution is -2.01. The Bertz CT molecular complexity index is 319. The minimum atomic E-state index is -4.46. The van der Waals surface area contributed by atoms with E-state index in [1.54, 1.807) is 12.4 Å². The van der Waals surface area contributed by atoms with E-state index >= 15 is 0 Å². The molecular formula is C8H11N2O4P. The van der Waals surface area contributed by atoms with Gasteiger partial charge in [0, 0.05) is 12.4 Å². The normalized spacial score (nSPS) is 11.9. The zero-order valence-corrected chi connectivity index (χ0v) is 8.91. The molecule has 0 aliphatic heterocycles. The Morgan fingerprint density at radius 1 is 1.40 bits per heavy atom. The molecule has 0 aromatic carbocycles. The van der Waals surface area contributed by atoms with Gasteiger partial charge in [-0.1, -0.05) is 6.07 Å². The van der Waals surface area contributed by atoms with Crippen LogP contribution in [0, 0.1) is 11.3 Å². The third-order valence-electron chi connectivity index (χ3n) is 1.04. The van der Waals surface area contributed by atoms with Gasteiger partial charge >= 0.3 is 7.82 Å². The molecule has 1 aromatic heterocycles. The van der Waals surface area contributed by atoms with Crippen LogP contribution in [-0.4, -0.2) is 20.9 Å². The highest BCUT2D eigenvalue weighted by Gasteiger charge is 2.17. The molecule has 82 valence electrons. The molecule has 1 rings (SSSR count). The minimum absolute atomic E-state index is 1.06. The Hall–Kier alpha value is -1.25. The van der Waals surface area contributed by atoms with Gasteiger partial charge in [0.2, 0.25) is 0 Å². The number of phosphoric ester groups is 1. The molecule has 1 heterocycles. The molecule has 0 bridgehead atoms. The van der Waals surface area contributed by atoms with Crippen molar-refractivity contribution < 1.29 is 18.9 Å². The van der Waals surface area contributed by atoms with E-state index in [1.165, 1.54) is 13.0 Å². The number of hydrogen-bond acceptors (Lipinski definition) is 4. The van der Waals surface area contributed by atoms with Gasteiger partial charge in [0.05, 0.1) is 6.07 Å². The first-order valence-corrected chi connectivity index (χ1v) is 5.47. The molecule has 1 atom stereocenters. The van der Waals surface area contributed by atoms with Crippen molar-refractivity contribution in [2.45, 2.75) is 13.0 Å². The molecule has 0 aliphatic rings. The quantitative estimate of drug-likeness (QED) is 0.737. The topological polar surface area (TPSA) is 103 Å². The van der Waals surface area contributed by atoms with Crippen LogP contribution in [0.3, 0.4) is 0 Å². The third kappa shape index (κ3) is 10.7. The second kappa shape index (κ2) is 7.10.